The average Bonchev–Trinajstić information content (AvgIpc) is 1.59. The predicted molar refractivity (Wildman–Crippen MR) is 523 cm³/mol. The standard InChI is InChI=1S/C49H72N4O17S.C47H68N4O17S.2CH4/c1-6-70-41(60)15-8-7-9-20-52-33-18-16-29(46(65)50-25-35(56)42(61)44(63)37(58)27-54)23-31(33)48(2,3)39(52)13-12-14-40-49(4,5)32-24-30(17-19-34(32)53(40)21-10-11-22-71(67,68)69)47(66)51-26-36(57)43(62)45(64)38(59)28-55;1-46(2)29-21-27(44(64)48-23-33(54)40(60)42(62)35(56)25-52)14-16-31(29)50(18-7-5-6-13-39(58)59)37(46)11-10-12-38-47(3,4)30-22-28(15-17-32(30)51(38)19-8-9-20-69(66,67)68)45(65)49-24-34(55)41(61)43(63)36(57)26-53;;/h12-14,16-19,23-24,35-38,42-45,54-59,61-64H,6-11,15,20-22,25-28H2,1-5H3,(H2-,50,51,65,66,67,68,69);10-12,14-17,21-22,33-36,40-43,52-57,60-63H,5-9,13,18-20,23-26H2,1-4H3,(H3-,48,49,58,59,64,65,66,67,68);2*1H4. The molecular formula is C98H148N8O34S2. The Hall–Kier alpha value is -9.38. The zero-order valence-electron chi connectivity index (χ0n) is 80.0. The topological polar surface area (TPSA) is 712 Å². The number of unbranched alkanes of at least 4 members (excludes halogenated alkanes) is 6. The summed E-state index contributed by atoms with van der Waals surface area (Å²) < 4.78 is 78.1. The molecule has 4 aromatic rings. The zero-order valence-corrected chi connectivity index (χ0v) is 81.7. The molecule has 4 aromatic carbocycles. The Morgan fingerprint density at radius 2 is 0.669 bits per heavy atom. The molecule has 42 nitrogen and oxygen atoms in total. The summed E-state index contributed by atoms with van der Waals surface area (Å²) >= 11 is 0. The SMILES string of the molecule is C.C.CC1(C)C(=CC=CC2=[N+](CCCCCC(=O)O)c3ccc(C(=O)NCC(O)C(O)C(O)C(O)CO)cc3C2(C)C)N(CCCCS(=O)(=O)[O-])c2ccc(C(=O)NCC(O)C(O)C(O)C(O)CO)cc21.CCOC(=O)CCCCC[N+]1=C(C=CC=C2N(CCCCS(=O)(=O)[O-])c3ccc(C(=O)NCC(O)C(O)C(O)C(O)CO)cc3C2(C)C)C(C)(C)c2cc(C(=O)NCC(O)C(O)C(O)C(O)CO)ccc21. The van der Waals surface area contributed by atoms with E-state index in [-0.39, 0.29) is 75.4 Å². The third kappa shape index (κ3) is 32.1. The number of carboxylic acids is 1. The Kier molecular flexibility index (Phi) is 47.4. The fraction of sp³-hybridized carbons (Fsp3) is 0.592. The number of hydrogen-bond acceptors (Lipinski definition) is 35. The van der Waals surface area contributed by atoms with E-state index in [1.807, 2.05) is 102 Å². The maximum Gasteiger partial charge on any atom is 0.305 e. The van der Waals surface area contributed by atoms with Gasteiger partial charge < -0.3 is 152 Å². The lowest BCUT2D eigenvalue weighted by atomic mass is 9.80. The minimum Gasteiger partial charge on any atom is -0.748 e. The zero-order chi connectivity index (χ0) is 105. The number of allylic oxidation sites excluding steroid dienone is 8. The van der Waals surface area contributed by atoms with Crippen LogP contribution in [0.5, 0.6) is 0 Å². The largest absolute Gasteiger partial charge is 0.748 e. The van der Waals surface area contributed by atoms with Crippen LogP contribution in [0.1, 0.15) is 218 Å². The highest BCUT2D eigenvalue weighted by Crippen LogP contribution is 2.51. The van der Waals surface area contributed by atoms with Crippen molar-refractivity contribution >= 4 is 90.0 Å². The van der Waals surface area contributed by atoms with E-state index < -0.39 is 233 Å². The fourth-order valence-electron chi connectivity index (χ4n) is 17.4. The maximum atomic E-state index is 13.4. The minimum absolute atomic E-state index is 0. The average molecular weight is 2050 g/mol. The van der Waals surface area contributed by atoms with E-state index in [9.17, 15) is 142 Å². The van der Waals surface area contributed by atoms with E-state index in [0.717, 1.165) is 50.9 Å². The van der Waals surface area contributed by atoms with Gasteiger partial charge in [0.15, 0.2) is 11.4 Å². The van der Waals surface area contributed by atoms with Crippen molar-refractivity contribution in [1.29, 1.82) is 0 Å². The molecular weight excluding hydrogens is 1900 g/mol. The molecule has 0 spiro atoms. The summed E-state index contributed by atoms with van der Waals surface area (Å²) in [4.78, 5) is 80.8. The molecule has 16 unspecified atom stereocenters. The number of carboxylic acid groups (broad SMARTS) is 1. The van der Waals surface area contributed by atoms with Gasteiger partial charge in [0.05, 0.1) is 88.5 Å². The van der Waals surface area contributed by atoms with Crippen molar-refractivity contribution in [3.63, 3.8) is 0 Å². The highest BCUT2D eigenvalue weighted by molar-refractivity contribution is 7.85. The Morgan fingerprint density at radius 3 is 0.951 bits per heavy atom. The van der Waals surface area contributed by atoms with E-state index in [2.05, 4.69) is 30.4 Å². The third-order valence-corrected chi connectivity index (χ3v) is 27.3. The van der Waals surface area contributed by atoms with Crippen LogP contribution in [-0.2, 0) is 56.2 Å². The summed E-state index contributed by atoms with van der Waals surface area (Å²) in [5, 5.41) is 217. The summed E-state index contributed by atoms with van der Waals surface area (Å²) in [5.74, 6) is -4.72. The van der Waals surface area contributed by atoms with Gasteiger partial charge in [-0.2, -0.15) is 9.15 Å². The smallest absolute Gasteiger partial charge is 0.305 e. The number of amides is 4. The highest BCUT2D eigenvalue weighted by atomic mass is 32.2. The summed E-state index contributed by atoms with van der Waals surface area (Å²) in [6.45, 7) is 13.9. The van der Waals surface area contributed by atoms with Gasteiger partial charge in [-0.1, -0.05) is 54.7 Å². The van der Waals surface area contributed by atoms with Crippen molar-refractivity contribution in [2.75, 3.05) is 107 Å². The number of hydrogen-bond donors (Lipinski definition) is 25. The van der Waals surface area contributed by atoms with Gasteiger partial charge in [0, 0.05) is 168 Å². The summed E-state index contributed by atoms with van der Waals surface area (Å²) in [5.41, 5.74) is 7.04. The molecule has 44 heteroatoms. The quantitative estimate of drug-likeness (QED) is 0.0109. The number of benzene rings is 4. The normalized spacial score (nSPS) is 19.0. The van der Waals surface area contributed by atoms with Gasteiger partial charge in [0.2, 0.25) is 11.4 Å². The molecule has 4 heterocycles. The molecule has 796 valence electrons. The first-order valence-electron chi connectivity index (χ1n) is 46.5. The van der Waals surface area contributed by atoms with Crippen LogP contribution in [0.3, 0.4) is 0 Å². The second kappa shape index (κ2) is 54.7. The van der Waals surface area contributed by atoms with E-state index in [0.29, 0.717) is 94.5 Å². The number of esters is 1. The van der Waals surface area contributed by atoms with E-state index in [4.69, 9.17) is 25.2 Å². The molecule has 0 saturated carbocycles. The molecule has 0 radical (unpaired) electrons. The van der Waals surface area contributed by atoms with Gasteiger partial charge >= 0.3 is 11.9 Å². The Morgan fingerprint density at radius 1 is 0.387 bits per heavy atom. The summed E-state index contributed by atoms with van der Waals surface area (Å²) in [6.07, 6.45) is -12.4. The molecule has 16 atom stereocenters. The number of carbonyl (C=O) groups excluding carboxylic acids is 5. The molecule has 25 N–H and O–H groups in total. The molecule has 8 rings (SSSR count). The monoisotopic (exact) mass is 2040 g/mol. The van der Waals surface area contributed by atoms with Crippen molar-refractivity contribution < 1.29 is 176 Å². The molecule has 4 aliphatic heterocycles. The Balaban J connectivity index is 0.000000494. The van der Waals surface area contributed by atoms with Gasteiger partial charge in [0.25, 0.3) is 23.6 Å². The minimum atomic E-state index is -4.47. The predicted octanol–water partition coefficient (Wildman–Crippen LogP) is -1.04. The number of aliphatic hydroxyl groups is 20. The molecule has 0 aromatic heterocycles. The number of fused-ring (bicyclic) bond motifs is 4. The van der Waals surface area contributed by atoms with Crippen molar-refractivity contribution in [3.8, 4) is 0 Å². The second-order valence-corrected chi connectivity index (χ2v) is 40.5. The first-order valence-corrected chi connectivity index (χ1v) is 49.7. The van der Waals surface area contributed by atoms with Gasteiger partial charge in [-0.05, 0) is 170 Å². The van der Waals surface area contributed by atoms with E-state index in [1.165, 1.54) is 0 Å². The number of aliphatic carboxylic acids is 1. The fourth-order valence-corrected chi connectivity index (χ4v) is 18.5. The molecule has 4 amide bonds. The lowest BCUT2D eigenvalue weighted by molar-refractivity contribution is -0.438. The van der Waals surface area contributed by atoms with Crippen molar-refractivity contribution in [2.24, 2.45) is 0 Å². The van der Waals surface area contributed by atoms with E-state index in [1.54, 1.807) is 79.7 Å². The van der Waals surface area contributed by atoms with Gasteiger partial charge in [-0.3, -0.25) is 28.8 Å². The Labute approximate surface area is 828 Å². The molecule has 0 saturated heterocycles. The molecule has 0 aliphatic carbocycles. The van der Waals surface area contributed by atoms with Crippen LogP contribution in [0.2, 0.25) is 0 Å². The molecule has 142 heavy (non-hydrogen) atoms. The van der Waals surface area contributed by atoms with Crippen molar-refractivity contribution in [3.05, 3.63) is 165 Å². The molecule has 0 fully saturated rings. The number of nitrogens with one attached hydrogen (secondary N) is 4. The van der Waals surface area contributed by atoms with Crippen LogP contribution in [0.25, 0.3) is 0 Å². The molecule has 0 bridgehead atoms. The van der Waals surface area contributed by atoms with Gasteiger partial charge in [0.1, 0.15) is 86.3 Å². The Bertz CT molecular complexity index is 5350. The van der Waals surface area contributed by atoms with Gasteiger partial charge in [-0.15, -0.1) is 0 Å². The number of rotatable bonds is 55. The number of nitrogens with zero attached hydrogens (tertiary/aromatic N) is 4. The summed E-state index contributed by atoms with van der Waals surface area (Å²) in [7, 11) is -8.93. The van der Waals surface area contributed by atoms with Crippen molar-refractivity contribution in [2.45, 2.75) is 274 Å². The van der Waals surface area contributed by atoms with Gasteiger partial charge in [-0.25, -0.2) is 16.8 Å². The van der Waals surface area contributed by atoms with Crippen LogP contribution in [0.4, 0.5) is 22.7 Å². The highest BCUT2D eigenvalue weighted by Gasteiger charge is 2.49. The second-order valence-electron chi connectivity index (χ2n) is 37.4. The van der Waals surface area contributed by atoms with E-state index >= 15 is 0 Å². The van der Waals surface area contributed by atoms with Crippen molar-refractivity contribution in [1.82, 2.24) is 21.3 Å². The van der Waals surface area contributed by atoms with Crippen LogP contribution in [0.15, 0.2) is 121 Å². The number of aliphatic hydroxyl groups excluding tert-OH is 20. The first kappa shape index (κ1) is 123. The number of anilines is 2. The lowest BCUT2D eigenvalue weighted by Crippen LogP contribution is -2.49. The van der Waals surface area contributed by atoms with Crippen LogP contribution in [0, 0.1) is 0 Å². The maximum absolute atomic E-state index is 13.4. The third-order valence-electron chi connectivity index (χ3n) is 25.7. The van der Waals surface area contributed by atoms with Crippen LogP contribution >= 0.6 is 0 Å². The first-order chi connectivity index (χ1) is 65.6. The number of ether oxygens (including phenoxy) is 1. The lowest BCUT2D eigenvalue weighted by Gasteiger charge is -2.27. The summed E-state index contributed by atoms with van der Waals surface area (Å²) in [6, 6.07) is 20.1. The van der Waals surface area contributed by atoms with Crippen LogP contribution in [-0.4, -0.2) is 384 Å². The number of carbonyl (C=O) groups is 6. The molecule has 4 aliphatic rings. The van der Waals surface area contributed by atoms with Crippen LogP contribution < -0.4 is 31.1 Å².